The van der Waals surface area contributed by atoms with Crippen molar-refractivity contribution in [2.24, 2.45) is 0 Å². The third kappa shape index (κ3) is 3.10. The van der Waals surface area contributed by atoms with E-state index in [2.05, 4.69) is 10.1 Å². The van der Waals surface area contributed by atoms with E-state index in [-0.39, 0.29) is 23.1 Å². The largest absolute Gasteiger partial charge is 0.478 e. The number of nitrogens with zero attached hydrogens (tertiary/aromatic N) is 3. The molecule has 1 fully saturated rings. The molecule has 140 valence electrons. The third-order valence-electron chi connectivity index (χ3n) is 4.97. The Balaban J connectivity index is 1.96. The van der Waals surface area contributed by atoms with Gasteiger partial charge >= 0.3 is 5.97 Å². The Hall–Kier alpha value is -2.74. The van der Waals surface area contributed by atoms with Gasteiger partial charge in [0.25, 0.3) is 0 Å². The van der Waals surface area contributed by atoms with Crippen LogP contribution in [0.5, 0.6) is 0 Å². The van der Waals surface area contributed by atoms with Gasteiger partial charge in [0.1, 0.15) is 0 Å². The van der Waals surface area contributed by atoms with Gasteiger partial charge in [-0.2, -0.15) is 5.10 Å². The Morgan fingerprint density at radius 2 is 1.93 bits per heavy atom. The number of hydrogen-bond donors (Lipinski definition) is 1. The van der Waals surface area contributed by atoms with Crippen LogP contribution in [0.1, 0.15) is 34.1 Å². The van der Waals surface area contributed by atoms with Gasteiger partial charge < -0.3 is 5.11 Å². The fourth-order valence-corrected chi connectivity index (χ4v) is 5.27. The standard InChI is InChI=1S/C19H19N3O4S/c1-11-3-5-13(6-4-11)16-9-15(19(23)24)17-12(2)21-22(18(17)20-16)14-7-8-27(25,26)10-14/h3-6,9,14H,7-8,10H2,1-2H3,(H,23,24)/t14-/m0/s1. The van der Waals surface area contributed by atoms with Crippen molar-refractivity contribution in [3.8, 4) is 11.3 Å². The van der Waals surface area contributed by atoms with E-state index in [1.807, 2.05) is 31.2 Å². The summed E-state index contributed by atoms with van der Waals surface area (Å²) < 4.78 is 25.4. The minimum Gasteiger partial charge on any atom is -0.478 e. The van der Waals surface area contributed by atoms with Crippen molar-refractivity contribution in [3.63, 3.8) is 0 Å². The van der Waals surface area contributed by atoms with Crippen LogP contribution in [0, 0.1) is 13.8 Å². The van der Waals surface area contributed by atoms with Crippen molar-refractivity contribution in [2.45, 2.75) is 26.3 Å². The summed E-state index contributed by atoms with van der Waals surface area (Å²) in [6.07, 6.45) is 0.456. The first-order valence-corrected chi connectivity index (χ1v) is 10.5. The molecule has 1 saturated heterocycles. The number of carboxylic acids is 1. The molecule has 3 heterocycles. The van der Waals surface area contributed by atoms with Gasteiger partial charge in [-0.25, -0.2) is 22.9 Å². The molecular weight excluding hydrogens is 366 g/mol. The molecule has 0 unspecified atom stereocenters. The molecule has 0 bridgehead atoms. The zero-order chi connectivity index (χ0) is 19.3. The molecule has 0 amide bonds. The molecule has 8 heteroatoms. The maximum absolute atomic E-state index is 11.9. The van der Waals surface area contributed by atoms with Crippen LogP contribution in [0.3, 0.4) is 0 Å². The number of fused-ring (bicyclic) bond motifs is 1. The number of rotatable bonds is 3. The summed E-state index contributed by atoms with van der Waals surface area (Å²) in [5, 5.41) is 14.6. The summed E-state index contributed by atoms with van der Waals surface area (Å²) in [6, 6.07) is 8.89. The van der Waals surface area contributed by atoms with Crippen LogP contribution in [-0.4, -0.2) is 45.8 Å². The number of aromatic carboxylic acids is 1. The number of aryl methyl sites for hydroxylation is 2. The highest BCUT2D eigenvalue weighted by atomic mass is 32.2. The summed E-state index contributed by atoms with van der Waals surface area (Å²) in [5.74, 6) is -0.943. The van der Waals surface area contributed by atoms with Gasteiger partial charge in [-0.1, -0.05) is 29.8 Å². The second-order valence-corrected chi connectivity index (χ2v) is 9.24. The lowest BCUT2D eigenvalue weighted by atomic mass is 10.0. The second kappa shape index (κ2) is 6.16. The zero-order valence-electron chi connectivity index (χ0n) is 15.0. The van der Waals surface area contributed by atoms with Gasteiger partial charge in [0.2, 0.25) is 0 Å². The van der Waals surface area contributed by atoms with Crippen molar-refractivity contribution in [1.82, 2.24) is 14.8 Å². The van der Waals surface area contributed by atoms with Crippen LogP contribution < -0.4 is 0 Å². The first-order chi connectivity index (χ1) is 12.7. The molecule has 2 aromatic heterocycles. The summed E-state index contributed by atoms with van der Waals surface area (Å²) in [6.45, 7) is 3.70. The first kappa shape index (κ1) is 17.7. The molecule has 0 aliphatic carbocycles. The maximum atomic E-state index is 11.9. The van der Waals surface area contributed by atoms with E-state index in [0.29, 0.717) is 28.8 Å². The highest BCUT2D eigenvalue weighted by molar-refractivity contribution is 7.91. The topological polar surface area (TPSA) is 102 Å². The monoisotopic (exact) mass is 385 g/mol. The molecule has 0 spiro atoms. The summed E-state index contributed by atoms with van der Waals surface area (Å²) in [5.41, 5.74) is 3.51. The number of hydrogen-bond acceptors (Lipinski definition) is 5. The Labute approximate surface area is 156 Å². The molecule has 0 saturated carbocycles. The molecule has 1 aliphatic heterocycles. The molecule has 27 heavy (non-hydrogen) atoms. The molecular formula is C19H19N3O4S. The van der Waals surface area contributed by atoms with Crippen LogP contribution in [0.15, 0.2) is 30.3 Å². The lowest BCUT2D eigenvalue weighted by molar-refractivity contribution is 0.0699. The number of carbonyl (C=O) groups is 1. The number of carboxylic acid groups (broad SMARTS) is 1. The van der Waals surface area contributed by atoms with Crippen molar-refractivity contribution >= 4 is 26.8 Å². The van der Waals surface area contributed by atoms with E-state index in [1.54, 1.807) is 17.7 Å². The molecule has 1 N–H and O–H groups in total. The average Bonchev–Trinajstić information content (AvgIpc) is 3.14. The van der Waals surface area contributed by atoms with Gasteiger partial charge in [0.15, 0.2) is 15.5 Å². The number of benzene rings is 1. The number of aromatic nitrogens is 3. The van der Waals surface area contributed by atoms with E-state index in [0.717, 1.165) is 11.1 Å². The lowest BCUT2D eigenvalue weighted by Gasteiger charge is -2.11. The number of sulfone groups is 1. The van der Waals surface area contributed by atoms with Crippen LogP contribution in [-0.2, 0) is 9.84 Å². The second-order valence-electron chi connectivity index (χ2n) is 7.01. The van der Waals surface area contributed by atoms with Gasteiger partial charge in [0.05, 0.1) is 39.9 Å². The van der Waals surface area contributed by atoms with Crippen molar-refractivity contribution < 1.29 is 18.3 Å². The number of pyridine rings is 1. The highest BCUT2D eigenvalue weighted by Gasteiger charge is 2.32. The highest BCUT2D eigenvalue weighted by Crippen LogP contribution is 2.32. The Bertz CT molecular complexity index is 1160. The zero-order valence-corrected chi connectivity index (χ0v) is 15.8. The molecule has 0 radical (unpaired) electrons. The summed E-state index contributed by atoms with van der Waals surface area (Å²) in [7, 11) is -3.10. The molecule has 1 aromatic carbocycles. The third-order valence-corrected chi connectivity index (χ3v) is 6.72. The van der Waals surface area contributed by atoms with E-state index in [4.69, 9.17) is 0 Å². The minimum atomic E-state index is -3.10. The van der Waals surface area contributed by atoms with Crippen molar-refractivity contribution in [1.29, 1.82) is 0 Å². The van der Waals surface area contributed by atoms with E-state index in [9.17, 15) is 18.3 Å². The first-order valence-electron chi connectivity index (χ1n) is 8.66. The van der Waals surface area contributed by atoms with Crippen molar-refractivity contribution in [3.05, 3.63) is 47.2 Å². The van der Waals surface area contributed by atoms with E-state index < -0.39 is 15.8 Å². The Kier molecular flexibility index (Phi) is 4.03. The molecule has 7 nitrogen and oxygen atoms in total. The maximum Gasteiger partial charge on any atom is 0.336 e. The molecule has 4 rings (SSSR count). The van der Waals surface area contributed by atoms with Crippen LogP contribution in [0.25, 0.3) is 22.3 Å². The van der Waals surface area contributed by atoms with Gasteiger partial charge in [0, 0.05) is 5.56 Å². The lowest BCUT2D eigenvalue weighted by Crippen LogP contribution is -2.13. The SMILES string of the molecule is Cc1ccc(-c2cc(C(=O)O)c3c(C)nn([C@H]4CCS(=O)(=O)C4)c3n2)cc1. The molecule has 1 atom stereocenters. The predicted octanol–water partition coefficient (Wildman–Crippen LogP) is 2.77. The predicted molar refractivity (Wildman–Crippen MR) is 102 cm³/mol. The van der Waals surface area contributed by atoms with Crippen LogP contribution >= 0.6 is 0 Å². The van der Waals surface area contributed by atoms with Crippen molar-refractivity contribution in [2.75, 3.05) is 11.5 Å². The Morgan fingerprint density at radius 1 is 1.22 bits per heavy atom. The van der Waals surface area contributed by atoms with Crippen LogP contribution in [0.4, 0.5) is 0 Å². The minimum absolute atomic E-state index is 0.00205. The Morgan fingerprint density at radius 3 is 2.52 bits per heavy atom. The normalized spacial score (nSPS) is 18.8. The quantitative estimate of drug-likeness (QED) is 0.744. The van der Waals surface area contributed by atoms with Gasteiger partial charge in [-0.15, -0.1) is 0 Å². The summed E-state index contributed by atoms with van der Waals surface area (Å²) >= 11 is 0. The van der Waals surface area contributed by atoms with Gasteiger partial charge in [-0.05, 0) is 26.3 Å². The molecule has 3 aromatic rings. The molecule has 1 aliphatic rings. The average molecular weight is 385 g/mol. The fourth-order valence-electron chi connectivity index (χ4n) is 3.58. The van der Waals surface area contributed by atoms with Gasteiger partial charge in [-0.3, -0.25) is 0 Å². The van der Waals surface area contributed by atoms with E-state index >= 15 is 0 Å². The van der Waals surface area contributed by atoms with Crippen LogP contribution in [0.2, 0.25) is 0 Å². The fraction of sp³-hybridized carbons (Fsp3) is 0.316. The smallest absolute Gasteiger partial charge is 0.336 e. The summed E-state index contributed by atoms with van der Waals surface area (Å²) in [4.78, 5) is 16.6. The van der Waals surface area contributed by atoms with E-state index in [1.165, 1.54) is 0 Å².